The van der Waals surface area contributed by atoms with E-state index in [9.17, 15) is 18.0 Å². The van der Waals surface area contributed by atoms with Crippen molar-refractivity contribution in [1.82, 2.24) is 0 Å². The molecular formula is C18H17BrN2O4S. The number of sulfonamides is 1. The summed E-state index contributed by atoms with van der Waals surface area (Å²) >= 11 is 3.36. The summed E-state index contributed by atoms with van der Waals surface area (Å²) in [5.41, 5.74) is 1.37. The van der Waals surface area contributed by atoms with Gasteiger partial charge in [0.2, 0.25) is 15.9 Å². The number of benzene rings is 2. The molecule has 2 aromatic carbocycles. The van der Waals surface area contributed by atoms with Crippen molar-refractivity contribution >= 4 is 43.3 Å². The zero-order chi connectivity index (χ0) is 18.9. The average molecular weight is 437 g/mol. The molecule has 2 aromatic rings. The number of ketones is 1. The largest absolute Gasteiger partial charge is 0.311 e. The second-order valence-corrected chi connectivity index (χ2v) is 8.84. The summed E-state index contributed by atoms with van der Waals surface area (Å²) in [7, 11) is -3.67. The standard InChI is InChI=1S/C18H17BrN2O4S/c19-14-6-7-16(15(9-14)18(23)13-4-2-1-3-5-13)21-10-12(8-17(21)22)11-26(20,24)25/h1-7,9,12H,8,10-11H2,(H2,20,24,25). The molecule has 1 fully saturated rings. The molecule has 8 heteroatoms. The van der Waals surface area contributed by atoms with Crippen molar-refractivity contribution in [3.8, 4) is 0 Å². The van der Waals surface area contributed by atoms with E-state index in [1.165, 1.54) is 4.90 Å². The lowest BCUT2D eigenvalue weighted by atomic mass is 10.0. The lowest BCUT2D eigenvalue weighted by molar-refractivity contribution is -0.117. The van der Waals surface area contributed by atoms with Crippen LogP contribution in [0.4, 0.5) is 5.69 Å². The van der Waals surface area contributed by atoms with E-state index in [2.05, 4.69) is 15.9 Å². The maximum Gasteiger partial charge on any atom is 0.227 e. The molecule has 0 aliphatic carbocycles. The van der Waals surface area contributed by atoms with E-state index < -0.39 is 10.0 Å². The minimum Gasteiger partial charge on any atom is -0.311 e. The van der Waals surface area contributed by atoms with E-state index in [0.717, 1.165) is 0 Å². The first-order chi connectivity index (χ1) is 12.2. The molecule has 1 unspecified atom stereocenters. The lowest BCUT2D eigenvalue weighted by Gasteiger charge is -2.20. The molecule has 26 heavy (non-hydrogen) atoms. The number of halogens is 1. The van der Waals surface area contributed by atoms with Crippen molar-refractivity contribution in [2.24, 2.45) is 11.1 Å². The Morgan fingerprint density at radius 3 is 2.54 bits per heavy atom. The minimum atomic E-state index is -3.67. The number of nitrogens with zero attached hydrogens (tertiary/aromatic N) is 1. The summed E-state index contributed by atoms with van der Waals surface area (Å²) in [6.07, 6.45) is 0.0888. The minimum absolute atomic E-state index is 0.0888. The normalized spacial score (nSPS) is 17.5. The first kappa shape index (κ1) is 18.8. The smallest absolute Gasteiger partial charge is 0.227 e. The topological polar surface area (TPSA) is 97.5 Å². The molecule has 6 nitrogen and oxygen atoms in total. The Kier molecular flexibility index (Phi) is 5.27. The summed E-state index contributed by atoms with van der Waals surface area (Å²) in [6, 6.07) is 13.9. The van der Waals surface area contributed by atoms with E-state index in [1.807, 2.05) is 6.07 Å². The molecule has 1 heterocycles. The molecule has 0 radical (unpaired) electrons. The molecule has 1 amide bonds. The van der Waals surface area contributed by atoms with Gasteiger partial charge in [-0.25, -0.2) is 13.6 Å². The molecule has 0 bridgehead atoms. The van der Waals surface area contributed by atoms with Gasteiger partial charge in [-0.2, -0.15) is 0 Å². The molecule has 136 valence electrons. The van der Waals surface area contributed by atoms with Crippen LogP contribution in [0.1, 0.15) is 22.3 Å². The van der Waals surface area contributed by atoms with Crippen molar-refractivity contribution in [3.05, 3.63) is 64.1 Å². The summed E-state index contributed by atoms with van der Waals surface area (Å²) < 4.78 is 23.4. The zero-order valence-electron chi connectivity index (χ0n) is 13.8. The van der Waals surface area contributed by atoms with E-state index in [-0.39, 0.29) is 36.3 Å². The van der Waals surface area contributed by atoms with Gasteiger partial charge in [0.15, 0.2) is 5.78 Å². The fourth-order valence-electron chi connectivity index (χ4n) is 3.13. The van der Waals surface area contributed by atoms with Gasteiger partial charge in [0.1, 0.15) is 0 Å². The van der Waals surface area contributed by atoms with Crippen LogP contribution >= 0.6 is 15.9 Å². The van der Waals surface area contributed by atoms with Gasteiger partial charge in [-0.15, -0.1) is 0 Å². The van der Waals surface area contributed by atoms with Crippen LogP contribution in [0.2, 0.25) is 0 Å². The Balaban J connectivity index is 1.96. The van der Waals surface area contributed by atoms with Gasteiger partial charge in [0, 0.05) is 34.5 Å². The Hall–Kier alpha value is -2.03. The second-order valence-electron chi connectivity index (χ2n) is 6.26. The number of amides is 1. The van der Waals surface area contributed by atoms with Crippen molar-refractivity contribution in [2.45, 2.75) is 6.42 Å². The fraction of sp³-hybridized carbons (Fsp3) is 0.222. The first-order valence-electron chi connectivity index (χ1n) is 7.95. The monoisotopic (exact) mass is 436 g/mol. The van der Waals surface area contributed by atoms with Crippen LogP contribution in [-0.2, 0) is 14.8 Å². The molecule has 0 spiro atoms. The highest BCUT2D eigenvalue weighted by Crippen LogP contribution is 2.32. The maximum atomic E-state index is 12.9. The number of hydrogen-bond donors (Lipinski definition) is 1. The fourth-order valence-corrected chi connectivity index (χ4v) is 4.37. The van der Waals surface area contributed by atoms with Gasteiger partial charge >= 0.3 is 0 Å². The Bertz CT molecular complexity index is 960. The van der Waals surface area contributed by atoms with Gasteiger partial charge in [-0.05, 0) is 18.2 Å². The van der Waals surface area contributed by atoms with Crippen LogP contribution in [0.25, 0.3) is 0 Å². The van der Waals surface area contributed by atoms with Crippen LogP contribution in [-0.4, -0.2) is 32.4 Å². The molecule has 0 saturated carbocycles. The number of rotatable bonds is 5. The summed E-state index contributed by atoms with van der Waals surface area (Å²) in [4.78, 5) is 26.8. The number of carbonyl (C=O) groups is 2. The molecule has 1 aliphatic heterocycles. The number of primary sulfonamides is 1. The van der Waals surface area contributed by atoms with Crippen LogP contribution in [0, 0.1) is 5.92 Å². The molecule has 0 aromatic heterocycles. The number of hydrogen-bond acceptors (Lipinski definition) is 4. The average Bonchev–Trinajstić information content (AvgIpc) is 2.93. The van der Waals surface area contributed by atoms with E-state index in [4.69, 9.17) is 5.14 Å². The Morgan fingerprint density at radius 2 is 1.88 bits per heavy atom. The van der Waals surface area contributed by atoms with E-state index in [0.29, 0.717) is 21.3 Å². The highest BCUT2D eigenvalue weighted by Gasteiger charge is 2.34. The molecular weight excluding hydrogens is 420 g/mol. The summed E-state index contributed by atoms with van der Waals surface area (Å²) in [5.74, 6) is -1.07. The molecule has 3 rings (SSSR count). The molecule has 1 aliphatic rings. The van der Waals surface area contributed by atoms with Crippen LogP contribution < -0.4 is 10.0 Å². The third kappa shape index (κ3) is 4.20. The van der Waals surface area contributed by atoms with Crippen LogP contribution in [0.3, 0.4) is 0 Å². The van der Waals surface area contributed by atoms with E-state index >= 15 is 0 Å². The van der Waals surface area contributed by atoms with Gasteiger partial charge in [0.05, 0.1) is 11.4 Å². The second kappa shape index (κ2) is 7.30. The van der Waals surface area contributed by atoms with Crippen LogP contribution in [0.15, 0.2) is 53.0 Å². The number of anilines is 1. The first-order valence-corrected chi connectivity index (χ1v) is 10.5. The third-order valence-corrected chi connectivity index (χ3v) is 5.63. The SMILES string of the molecule is NS(=O)(=O)CC1CC(=O)N(c2ccc(Br)cc2C(=O)c2ccccc2)C1. The highest BCUT2D eigenvalue weighted by atomic mass is 79.9. The van der Waals surface area contributed by atoms with Gasteiger partial charge in [0.25, 0.3) is 0 Å². The van der Waals surface area contributed by atoms with Gasteiger partial charge in [-0.1, -0.05) is 46.3 Å². The predicted molar refractivity (Wildman–Crippen MR) is 102 cm³/mol. The van der Waals surface area contributed by atoms with Crippen molar-refractivity contribution in [3.63, 3.8) is 0 Å². The zero-order valence-corrected chi connectivity index (χ0v) is 16.2. The Labute approximate surface area is 160 Å². The number of carbonyl (C=O) groups excluding carboxylic acids is 2. The van der Waals surface area contributed by atoms with Crippen molar-refractivity contribution in [1.29, 1.82) is 0 Å². The summed E-state index contributed by atoms with van der Waals surface area (Å²) in [5, 5.41) is 5.10. The highest BCUT2D eigenvalue weighted by molar-refractivity contribution is 9.10. The Morgan fingerprint density at radius 1 is 1.19 bits per heavy atom. The van der Waals surface area contributed by atoms with Crippen molar-refractivity contribution < 1.29 is 18.0 Å². The molecule has 1 saturated heterocycles. The van der Waals surface area contributed by atoms with E-state index in [1.54, 1.807) is 42.5 Å². The van der Waals surface area contributed by atoms with Gasteiger partial charge < -0.3 is 4.90 Å². The van der Waals surface area contributed by atoms with Crippen LogP contribution in [0.5, 0.6) is 0 Å². The van der Waals surface area contributed by atoms with Gasteiger partial charge in [-0.3, -0.25) is 9.59 Å². The number of nitrogens with two attached hydrogens (primary N) is 1. The summed E-state index contributed by atoms with van der Waals surface area (Å²) in [6.45, 7) is 0.214. The van der Waals surface area contributed by atoms with Crippen molar-refractivity contribution in [2.75, 3.05) is 17.2 Å². The third-order valence-electron chi connectivity index (χ3n) is 4.20. The lowest BCUT2D eigenvalue weighted by Crippen LogP contribution is -2.28. The molecule has 2 N–H and O–H groups in total. The quantitative estimate of drug-likeness (QED) is 0.726. The predicted octanol–water partition coefficient (Wildman–Crippen LogP) is 2.32. The maximum absolute atomic E-state index is 12.9. The molecule has 1 atom stereocenters.